The first kappa shape index (κ1) is 14.9. The smallest absolute Gasteiger partial charge is 0.237 e. The number of nitrogens with one attached hydrogen (secondary N) is 1. The van der Waals surface area contributed by atoms with E-state index in [-0.39, 0.29) is 18.0 Å². The van der Waals surface area contributed by atoms with Gasteiger partial charge in [-0.3, -0.25) is 9.69 Å². The Morgan fingerprint density at radius 2 is 2.39 bits per heavy atom. The molecule has 0 aliphatic carbocycles. The zero-order chi connectivity index (χ0) is 13.4. The highest BCUT2D eigenvalue weighted by atomic mass is 16.5. The summed E-state index contributed by atoms with van der Waals surface area (Å²) in [5, 5.41) is 12.0. The first-order chi connectivity index (χ1) is 8.70. The van der Waals surface area contributed by atoms with E-state index in [1.165, 1.54) is 0 Å². The fourth-order valence-electron chi connectivity index (χ4n) is 2.28. The zero-order valence-electron chi connectivity index (χ0n) is 11.3. The standard InChI is InChI=1S/C13H23N3O2/c1-11(13(17)15-7-5-9-18-2)16-8-4-3-6-12(16)10-14/h11-12H,3-9H2,1-2H3,(H,15,17). The highest BCUT2D eigenvalue weighted by Crippen LogP contribution is 2.18. The van der Waals surface area contributed by atoms with Crippen LogP contribution < -0.4 is 5.32 Å². The number of rotatable bonds is 6. The first-order valence-corrected chi connectivity index (χ1v) is 6.62. The molecule has 0 aromatic carbocycles. The van der Waals surface area contributed by atoms with Gasteiger partial charge in [0.2, 0.25) is 5.91 Å². The number of piperidine rings is 1. The number of methoxy groups -OCH3 is 1. The molecule has 1 aliphatic rings. The highest BCUT2D eigenvalue weighted by molar-refractivity contribution is 5.81. The summed E-state index contributed by atoms with van der Waals surface area (Å²) in [6.45, 7) is 3.99. The Labute approximate surface area is 109 Å². The van der Waals surface area contributed by atoms with E-state index in [1.807, 2.05) is 11.8 Å². The predicted molar refractivity (Wildman–Crippen MR) is 68.9 cm³/mol. The topological polar surface area (TPSA) is 65.4 Å². The molecule has 0 bridgehead atoms. The van der Waals surface area contributed by atoms with Crippen LogP contribution in [-0.2, 0) is 9.53 Å². The van der Waals surface area contributed by atoms with E-state index in [1.54, 1.807) is 7.11 Å². The van der Waals surface area contributed by atoms with E-state index in [4.69, 9.17) is 10.00 Å². The van der Waals surface area contributed by atoms with Gasteiger partial charge in [0.05, 0.1) is 18.2 Å². The maximum atomic E-state index is 12.0. The largest absolute Gasteiger partial charge is 0.385 e. The Hall–Kier alpha value is -1.12. The number of carbonyl (C=O) groups excluding carboxylic acids is 1. The number of nitriles is 1. The molecule has 0 saturated carbocycles. The zero-order valence-corrected chi connectivity index (χ0v) is 11.3. The number of ether oxygens (including phenoxy) is 1. The van der Waals surface area contributed by atoms with E-state index < -0.39 is 0 Å². The van der Waals surface area contributed by atoms with Gasteiger partial charge in [-0.15, -0.1) is 0 Å². The Kier molecular flexibility index (Phi) is 6.69. The van der Waals surface area contributed by atoms with Crippen LogP contribution in [0.15, 0.2) is 0 Å². The number of hydrogen-bond acceptors (Lipinski definition) is 4. The molecular formula is C13H23N3O2. The minimum absolute atomic E-state index is 0.00764. The van der Waals surface area contributed by atoms with Gasteiger partial charge in [-0.1, -0.05) is 0 Å². The molecule has 0 aromatic rings. The van der Waals surface area contributed by atoms with Gasteiger partial charge >= 0.3 is 0 Å². The summed E-state index contributed by atoms with van der Waals surface area (Å²) >= 11 is 0. The van der Waals surface area contributed by atoms with E-state index in [0.717, 1.165) is 32.2 Å². The van der Waals surface area contributed by atoms with Crippen molar-refractivity contribution in [3.05, 3.63) is 0 Å². The van der Waals surface area contributed by atoms with Crippen LogP contribution in [0.5, 0.6) is 0 Å². The lowest BCUT2D eigenvalue weighted by atomic mass is 10.0. The third-order valence-corrected chi connectivity index (χ3v) is 3.39. The minimum Gasteiger partial charge on any atom is -0.385 e. The average molecular weight is 253 g/mol. The van der Waals surface area contributed by atoms with E-state index in [9.17, 15) is 4.79 Å². The van der Waals surface area contributed by atoms with Gasteiger partial charge in [-0.25, -0.2) is 0 Å². The first-order valence-electron chi connectivity index (χ1n) is 6.62. The molecule has 2 atom stereocenters. The second kappa shape index (κ2) is 8.06. The maximum absolute atomic E-state index is 12.0. The molecule has 1 aliphatic heterocycles. The van der Waals surface area contributed by atoms with Crippen molar-refractivity contribution >= 4 is 5.91 Å². The quantitative estimate of drug-likeness (QED) is 0.714. The maximum Gasteiger partial charge on any atom is 0.237 e. The molecule has 1 saturated heterocycles. The molecular weight excluding hydrogens is 230 g/mol. The van der Waals surface area contributed by atoms with Gasteiger partial charge in [0.1, 0.15) is 0 Å². The molecule has 1 N–H and O–H groups in total. The van der Waals surface area contributed by atoms with Crippen LogP contribution in [0.2, 0.25) is 0 Å². The van der Waals surface area contributed by atoms with Crippen molar-refractivity contribution in [2.75, 3.05) is 26.8 Å². The summed E-state index contributed by atoms with van der Waals surface area (Å²) in [6.07, 6.45) is 3.84. The van der Waals surface area contributed by atoms with Crippen LogP contribution in [0.25, 0.3) is 0 Å². The molecule has 0 spiro atoms. The lowest BCUT2D eigenvalue weighted by Crippen LogP contribution is -2.51. The lowest BCUT2D eigenvalue weighted by molar-refractivity contribution is -0.126. The summed E-state index contributed by atoms with van der Waals surface area (Å²) in [5.74, 6) is 0.00764. The summed E-state index contributed by atoms with van der Waals surface area (Å²) in [6, 6.07) is 1.96. The molecule has 1 amide bonds. The number of likely N-dealkylation sites (tertiary alicyclic amines) is 1. The monoisotopic (exact) mass is 253 g/mol. The molecule has 2 unspecified atom stereocenters. The van der Waals surface area contributed by atoms with Crippen molar-refractivity contribution < 1.29 is 9.53 Å². The summed E-state index contributed by atoms with van der Waals surface area (Å²) in [4.78, 5) is 14.0. The van der Waals surface area contributed by atoms with Gasteiger partial charge in [0.15, 0.2) is 0 Å². The van der Waals surface area contributed by atoms with Crippen molar-refractivity contribution in [2.24, 2.45) is 0 Å². The number of nitrogens with zero attached hydrogens (tertiary/aromatic N) is 2. The van der Waals surface area contributed by atoms with Gasteiger partial charge in [-0.05, 0) is 32.6 Å². The van der Waals surface area contributed by atoms with E-state index in [2.05, 4.69) is 11.4 Å². The van der Waals surface area contributed by atoms with Gasteiger partial charge < -0.3 is 10.1 Å². The fraction of sp³-hybridized carbons (Fsp3) is 0.846. The Bertz CT molecular complexity index is 301. The number of carbonyl (C=O) groups is 1. The van der Waals surface area contributed by atoms with Crippen LogP contribution in [-0.4, -0.2) is 49.7 Å². The molecule has 1 heterocycles. The van der Waals surface area contributed by atoms with Crippen LogP contribution in [0.1, 0.15) is 32.6 Å². The van der Waals surface area contributed by atoms with Crippen molar-refractivity contribution in [1.82, 2.24) is 10.2 Å². The molecule has 1 rings (SSSR count). The second-order valence-electron chi connectivity index (χ2n) is 4.69. The van der Waals surface area contributed by atoms with Crippen molar-refractivity contribution in [1.29, 1.82) is 5.26 Å². The SMILES string of the molecule is COCCCNC(=O)C(C)N1CCCCC1C#N. The molecule has 0 aromatic heterocycles. The van der Waals surface area contributed by atoms with Crippen molar-refractivity contribution in [3.63, 3.8) is 0 Å². The lowest BCUT2D eigenvalue weighted by Gasteiger charge is -2.35. The molecule has 5 heteroatoms. The summed E-state index contributed by atoms with van der Waals surface area (Å²) in [7, 11) is 1.65. The molecule has 18 heavy (non-hydrogen) atoms. The third kappa shape index (κ3) is 4.28. The Morgan fingerprint density at radius 1 is 1.61 bits per heavy atom. The highest BCUT2D eigenvalue weighted by Gasteiger charge is 2.29. The van der Waals surface area contributed by atoms with Crippen LogP contribution >= 0.6 is 0 Å². The van der Waals surface area contributed by atoms with Crippen molar-refractivity contribution in [2.45, 2.75) is 44.7 Å². The Balaban J connectivity index is 2.39. The molecule has 102 valence electrons. The van der Waals surface area contributed by atoms with Crippen molar-refractivity contribution in [3.8, 4) is 6.07 Å². The minimum atomic E-state index is -0.225. The van der Waals surface area contributed by atoms with Gasteiger partial charge in [0.25, 0.3) is 0 Å². The molecule has 5 nitrogen and oxygen atoms in total. The fourth-order valence-corrected chi connectivity index (χ4v) is 2.28. The van der Waals surface area contributed by atoms with Gasteiger partial charge in [-0.2, -0.15) is 5.26 Å². The third-order valence-electron chi connectivity index (χ3n) is 3.39. The van der Waals surface area contributed by atoms with Gasteiger partial charge in [0, 0.05) is 26.8 Å². The van der Waals surface area contributed by atoms with Crippen LogP contribution in [0.3, 0.4) is 0 Å². The van der Waals surface area contributed by atoms with E-state index in [0.29, 0.717) is 13.2 Å². The average Bonchev–Trinajstić information content (AvgIpc) is 2.42. The molecule has 1 fully saturated rings. The molecule has 0 radical (unpaired) electrons. The predicted octanol–water partition coefficient (Wildman–Crippen LogP) is 0.906. The second-order valence-corrected chi connectivity index (χ2v) is 4.69. The number of amides is 1. The van der Waals surface area contributed by atoms with Crippen LogP contribution in [0.4, 0.5) is 0 Å². The normalized spacial score (nSPS) is 22.2. The number of hydrogen-bond donors (Lipinski definition) is 1. The van der Waals surface area contributed by atoms with E-state index >= 15 is 0 Å². The summed E-state index contributed by atoms with van der Waals surface area (Å²) in [5.41, 5.74) is 0. The van der Waals surface area contributed by atoms with Crippen LogP contribution in [0, 0.1) is 11.3 Å². The Morgan fingerprint density at radius 3 is 3.06 bits per heavy atom. The summed E-state index contributed by atoms with van der Waals surface area (Å²) < 4.78 is 4.93.